The van der Waals surface area contributed by atoms with Gasteiger partial charge in [-0.3, -0.25) is 9.79 Å². The fourth-order valence-electron chi connectivity index (χ4n) is 5.45. The molecule has 3 aliphatic heterocycles. The summed E-state index contributed by atoms with van der Waals surface area (Å²) in [4.78, 5) is 34.4. The zero-order valence-electron chi connectivity index (χ0n) is 21.7. The lowest BCUT2D eigenvalue weighted by Gasteiger charge is -2.32. The number of benzene rings is 1. The third kappa shape index (κ3) is 5.79. The number of nitrogens with one attached hydrogen (secondary N) is 2. The van der Waals surface area contributed by atoms with Crippen LogP contribution in [0.1, 0.15) is 54.7 Å². The van der Waals surface area contributed by atoms with Crippen LogP contribution in [0.5, 0.6) is 0 Å². The van der Waals surface area contributed by atoms with Crippen LogP contribution in [-0.2, 0) is 4.74 Å². The van der Waals surface area contributed by atoms with E-state index in [2.05, 4.69) is 36.2 Å². The lowest BCUT2D eigenvalue weighted by Crippen LogP contribution is -2.41. The van der Waals surface area contributed by atoms with Crippen LogP contribution in [0.25, 0.3) is 16.6 Å². The van der Waals surface area contributed by atoms with Gasteiger partial charge in [-0.25, -0.2) is 9.97 Å². The predicted octanol–water partition coefficient (Wildman–Crippen LogP) is 4.62. The molecule has 0 bridgehead atoms. The van der Waals surface area contributed by atoms with Gasteiger partial charge in [-0.2, -0.15) is 0 Å². The van der Waals surface area contributed by atoms with E-state index in [0.29, 0.717) is 11.6 Å². The summed E-state index contributed by atoms with van der Waals surface area (Å²) in [5, 5.41) is 4.26. The number of allylic oxidation sites excluding steroid dienone is 1. The van der Waals surface area contributed by atoms with Gasteiger partial charge in [-0.05, 0) is 81.9 Å². The van der Waals surface area contributed by atoms with Gasteiger partial charge in [0.2, 0.25) is 5.95 Å². The number of carbonyl (C=O) groups is 1. The summed E-state index contributed by atoms with van der Waals surface area (Å²) in [5.41, 5.74) is 4.08. The number of anilines is 2. The Hall–Kier alpha value is -3.56. The number of rotatable bonds is 8. The van der Waals surface area contributed by atoms with Gasteiger partial charge in [0, 0.05) is 48.6 Å². The lowest BCUT2D eigenvalue weighted by atomic mass is 10.1. The number of carbonyl (C=O) groups excluding carboxylic acids is 1. The van der Waals surface area contributed by atoms with Gasteiger partial charge in [0.05, 0.1) is 24.1 Å². The number of piperidine rings is 1. The van der Waals surface area contributed by atoms with Gasteiger partial charge in [0.1, 0.15) is 5.69 Å². The molecule has 0 aliphatic carbocycles. The number of fused-ring (bicyclic) bond motifs is 1. The Morgan fingerprint density at radius 3 is 2.76 bits per heavy atom. The van der Waals surface area contributed by atoms with Crippen LogP contribution in [0.15, 0.2) is 47.6 Å². The summed E-state index contributed by atoms with van der Waals surface area (Å²) in [5.74, 6) is 0.560. The molecule has 1 aromatic carbocycles. The summed E-state index contributed by atoms with van der Waals surface area (Å²) < 4.78 is 6.12. The first-order valence-electron chi connectivity index (χ1n) is 13.8. The highest BCUT2D eigenvalue weighted by Gasteiger charge is 2.25. The van der Waals surface area contributed by atoms with Gasteiger partial charge in [-0.15, -0.1) is 0 Å². The molecule has 0 spiro atoms. The molecule has 0 atom stereocenters. The molecule has 5 heterocycles. The zero-order valence-corrected chi connectivity index (χ0v) is 21.7. The summed E-state index contributed by atoms with van der Waals surface area (Å²) in [6.45, 7) is 5.67. The minimum absolute atomic E-state index is 0.0450. The maximum Gasteiger partial charge on any atom is 0.270 e. The van der Waals surface area contributed by atoms with E-state index in [0.717, 1.165) is 79.9 Å². The minimum Gasteiger partial charge on any atom is -0.377 e. The molecule has 38 heavy (non-hydrogen) atoms. The Morgan fingerprint density at radius 1 is 1.08 bits per heavy atom. The van der Waals surface area contributed by atoms with Crippen molar-refractivity contribution in [2.24, 2.45) is 4.99 Å². The number of nitrogens with zero attached hydrogens (tertiary/aromatic N) is 5. The van der Waals surface area contributed by atoms with E-state index in [1.165, 1.54) is 25.9 Å². The van der Waals surface area contributed by atoms with E-state index in [1.807, 2.05) is 41.4 Å². The van der Waals surface area contributed by atoms with Crippen molar-refractivity contribution >= 4 is 40.4 Å². The van der Waals surface area contributed by atoms with Crippen molar-refractivity contribution in [2.75, 3.05) is 44.6 Å². The number of aliphatic imine (C=N–C) groups is 1. The quantitative estimate of drug-likeness (QED) is 0.456. The van der Waals surface area contributed by atoms with Gasteiger partial charge in [0.25, 0.3) is 5.91 Å². The molecule has 0 unspecified atom stereocenters. The predicted molar refractivity (Wildman–Crippen MR) is 150 cm³/mol. The fraction of sp³-hybridized carbons (Fsp3) is 0.448. The molecule has 1 amide bonds. The molecule has 2 saturated heterocycles. The number of amides is 1. The topological polar surface area (TPSA) is 98.7 Å². The van der Waals surface area contributed by atoms with Crippen LogP contribution in [0.2, 0.25) is 0 Å². The van der Waals surface area contributed by atoms with E-state index in [9.17, 15) is 4.79 Å². The molecule has 2 fully saturated rings. The second-order valence-corrected chi connectivity index (χ2v) is 10.3. The average molecular weight is 514 g/mol. The maximum absolute atomic E-state index is 13.2. The average Bonchev–Trinajstić information content (AvgIpc) is 3.64. The van der Waals surface area contributed by atoms with E-state index in [-0.39, 0.29) is 12.0 Å². The van der Waals surface area contributed by atoms with Crippen LogP contribution in [-0.4, -0.2) is 82.3 Å². The number of aromatic amines is 1. The first-order valence-corrected chi connectivity index (χ1v) is 13.8. The highest BCUT2D eigenvalue weighted by Crippen LogP contribution is 2.25. The first-order chi connectivity index (χ1) is 18.7. The summed E-state index contributed by atoms with van der Waals surface area (Å²) in [6, 6.07) is 9.76. The second kappa shape index (κ2) is 11.4. The van der Waals surface area contributed by atoms with Crippen LogP contribution < -0.4 is 5.32 Å². The number of hydrogen-bond donors (Lipinski definition) is 2. The largest absolute Gasteiger partial charge is 0.377 e. The van der Waals surface area contributed by atoms with Crippen LogP contribution in [0.4, 0.5) is 11.6 Å². The third-order valence-electron chi connectivity index (χ3n) is 7.58. The standard InChI is InChI=1S/C29H35N7O2/c37-28(36-15-9-23(10-16-36)38-18-17-35-13-3-4-14-35)27-20-21-19-22(6-7-24(21)33-27)32-29-31-12-8-26(34-29)25-5-1-2-11-30-25/h5-8,11-12,19-20,23,33H,1-4,9-10,13-18H2,(H,31,32,34). The Kier molecular flexibility index (Phi) is 7.46. The number of aromatic nitrogens is 3. The Morgan fingerprint density at radius 2 is 1.95 bits per heavy atom. The summed E-state index contributed by atoms with van der Waals surface area (Å²) in [6.07, 6.45) is 12.3. The molecular formula is C29H35N7O2. The molecule has 3 aliphatic rings. The van der Waals surface area contributed by atoms with Crippen molar-refractivity contribution in [3.63, 3.8) is 0 Å². The van der Waals surface area contributed by atoms with Gasteiger partial charge < -0.3 is 24.8 Å². The van der Waals surface area contributed by atoms with Crippen molar-refractivity contribution in [3.8, 4) is 0 Å². The SMILES string of the molecule is O=C(c1cc2cc(Nc3nccc(C4=CCCC=N4)n3)ccc2[nH]1)N1CCC(OCCN2CCCC2)CC1. The van der Waals surface area contributed by atoms with E-state index in [4.69, 9.17) is 4.74 Å². The van der Waals surface area contributed by atoms with Crippen molar-refractivity contribution in [1.29, 1.82) is 0 Å². The van der Waals surface area contributed by atoms with Crippen molar-refractivity contribution in [3.05, 3.63) is 54.0 Å². The first kappa shape index (κ1) is 24.8. The molecular weight excluding hydrogens is 478 g/mol. The Bertz CT molecular complexity index is 1330. The molecule has 0 radical (unpaired) electrons. The number of ether oxygens (including phenoxy) is 1. The van der Waals surface area contributed by atoms with Crippen molar-refractivity contribution in [2.45, 2.75) is 44.6 Å². The van der Waals surface area contributed by atoms with Gasteiger partial charge in [0.15, 0.2) is 0 Å². The molecule has 2 aromatic heterocycles. The number of H-pyrrole nitrogens is 1. The highest BCUT2D eigenvalue weighted by molar-refractivity contribution is 5.98. The van der Waals surface area contributed by atoms with Crippen molar-refractivity contribution < 1.29 is 9.53 Å². The van der Waals surface area contributed by atoms with E-state index < -0.39 is 0 Å². The summed E-state index contributed by atoms with van der Waals surface area (Å²) in [7, 11) is 0. The summed E-state index contributed by atoms with van der Waals surface area (Å²) >= 11 is 0. The monoisotopic (exact) mass is 513 g/mol. The highest BCUT2D eigenvalue weighted by atomic mass is 16.5. The van der Waals surface area contributed by atoms with Gasteiger partial charge >= 0.3 is 0 Å². The van der Waals surface area contributed by atoms with E-state index >= 15 is 0 Å². The minimum atomic E-state index is 0.0450. The molecule has 9 heteroatoms. The van der Waals surface area contributed by atoms with Crippen molar-refractivity contribution in [1.82, 2.24) is 24.8 Å². The van der Waals surface area contributed by atoms with E-state index in [1.54, 1.807) is 6.20 Å². The third-order valence-corrected chi connectivity index (χ3v) is 7.58. The molecule has 0 saturated carbocycles. The zero-order chi connectivity index (χ0) is 25.7. The van der Waals surface area contributed by atoms with Gasteiger partial charge in [-0.1, -0.05) is 6.08 Å². The smallest absolute Gasteiger partial charge is 0.270 e. The molecule has 9 nitrogen and oxygen atoms in total. The van der Waals surface area contributed by atoms with Crippen LogP contribution >= 0.6 is 0 Å². The number of hydrogen-bond acceptors (Lipinski definition) is 7. The fourth-order valence-corrected chi connectivity index (χ4v) is 5.45. The van der Waals surface area contributed by atoms with Crippen LogP contribution in [0, 0.1) is 0 Å². The number of likely N-dealkylation sites (tertiary alicyclic amines) is 2. The Labute approximate surface area is 223 Å². The maximum atomic E-state index is 13.2. The molecule has 3 aromatic rings. The molecule has 2 N–H and O–H groups in total. The second-order valence-electron chi connectivity index (χ2n) is 10.3. The Balaban J connectivity index is 1.05. The molecule has 198 valence electrons. The normalized spacial score (nSPS) is 18.7. The molecule has 6 rings (SSSR count). The lowest BCUT2D eigenvalue weighted by molar-refractivity contribution is 0.00197. The van der Waals surface area contributed by atoms with Crippen LogP contribution in [0.3, 0.4) is 0 Å².